The van der Waals surface area contributed by atoms with Gasteiger partial charge in [-0.15, -0.1) is 12.4 Å². The Hall–Kier alpha value is -0.640. The summed E-state index contributed by atoms with van der Waals surface area (Å²) in [6.45, 7) is 7.27. The van der Waals surface area contributed by atoms with Crippen molar-refractivity contribution in [2.75, 3.05) is 13.1 Å². The number of piperazine rings is 1. The van der Waals surface area contributed by atoms with Gasteiger partial charge in [-0.05, 0) is 31.5 Å². The van der Waals surface area contributed by atoms with Gasteiger partial charge in [-0.3, -0.25) is 4.90 Å². The van der Waals surface area contributed by atoms with Gasteiger partial charge in [0.25, 0.3) is 0 Å². The van der Waals surface area contributed by atoms with Crippen LogP contribution in [-0.4, -0.2) is 30.1 Å². The van der Waals surface area contributed by atoms with Crippen LogP contribution < -0.4 is 5.32 Å². The number of nitrogens with zero attached hydrogens (tertiary/aromatic N) is 1. The molecule has 2 rings (SSSR count). The smallest absolute Gasteiger partial charge is 0.123 e. The normalized spacial score (nSPS) is 25.4. The summed E-state index contributed by atoms with van der Waals surface area (Å²) < 4.78 is 13.1. The highest BCUT2D eigenvalue weighted by Gasteiger charge is 2.22. The van der Waals surface area contributed by atoms with Crippen molar-refractivity contribution in [1.29, 1.82) is 0 Å². The Bertz CT molecular complexity index is 359. The van der Waals surface area contributed by atoms with Gasteiger partial charge in [0.2, 0.25) is 0 Å². The third-order valence-corrected chi connectivity index (χ3v) is 3.17. The lowest BCUT2D eigenvalue weighted by molar-refractivity contribution is 0.138. The Balaban J connectivity index is 0.00000144. The molecule has 1 heterocycles. The molecule has 2 unspecified atom stereocenters. The van der Waals surface area contributed by atoms with Crippen molar-refractivity contribution >= 4 is 12.4 Å². The number of hydrogen-bond acceptors (Lipinski definition) is 2. The van der Waals surface area contributed by atoms with Crippen LogP contribution in [0, 0.1) is 5.82 Å². The van der Waals surface area contributed by atoms with Crippen LogP contribution in [0.3, 0.4) is 0 Å². The molecule has 1 aromatic rings. The van der Waals surface area contributed by atoms with E-state index in [4.69, 9.17) is 0 Å². The molecule has 0 radical (unpaired) electrons. The molecular weight excluding hydrogens is 239 g/mol. The lowest BCUT2D eigenvalue weighted by Crippen LogP contribution is -2.53. The molecule has 96 valence electrons. The quantitative estimate of drug-likeness (QED) is 0.877. The van der Waals surface area contributed by atoms with Crippen LogP contribution in [0.5, 0.6) is 0 Å². The molecule has 0 spiro atoms. The molecule has 0 saturated carbocycles. The number of halogens is 2. The highest BCUT2D eigenvalue weighted by Crippen LogP contribution is 2.13. The first kappa shape index (κ1) is 14.4. The van der Waals surface area contributed by atoms with Crippen molar-refractivity contribution in [2.45, 2.75) is 32.5 Å². The summed E-state index contributed by atoms with van der Waals surface area (Å²) in [5.41, 5.74) is 1.06. The van der Waals surface area contributed by atoms with E-state index >= 15 is 0 Å². The van der Waals surface area contributed by atoms with Crippen molar-refractivity contribution in [1.82, 2.24) is 10.2 Å². The topological polar surface area (TPSA) is 15.3 Å². The van der Waals surface area contributed by atoms with E-state index in [9.17, 15) is 4.39 Å². The molecule has 0 bridgehead atoms. The second-order valence-corrected chi connectivity index (χ2v) is 4.72. The van der Waals surface area contributed by atoms with E-state index in [1.807, 2.05) is 6.07 Å². The highest BCUT2D eigenvalue weighted by molar-refractivity contribution is 5.85. The molecule has 17 heavy (non-hydrogen) atoms. The van der Waals surface area contributed by atoms with Gasteiger partial charge in [0.15, 0.2) is 0 Å². The average Bonchev–Trinajstić information content (AvgIpc) is 2.24. The molecule has 2 nitrogen and oxygen atoms in total. The Morgan fingerprint density at radius 3 is 2.88 bits per heavy atom. The summed E-state index contributed by atoms with van der Waals surface area (Å²) in [5, 5.41) is 3.44. The molecule has 1 fully saturated rings. The minimum Gasteiger partial charge on any atom is -0.311 e. The Morgan fingerprint density at radius 2 is 2.18 bits per heavy atom. The SMILES string of the molecule is CC1CN(Cc2cccc(F)c2)C(C)CN1.Cl. The lowest BCUT2D eigenvalue weighted by Gasteiger charge is -2.37. The zero-order valence-corrected chi connectivity index (χ0v) is 11.1. The van der Waals surface area contributed by atoms with Crippen LogP contribution in [0.4, 0.5) is 4.39 Å². The van der Waals surface area contributed by atoms with Crippen molar-refractivity contribution in [2.24, 2.45) is 0 Å². The molecule has 1 aromatic carbocycles. The third-order valence-electron chi connectivity index (χ3n) is 3.17. The predicted octanol–water partition coefficient (Wildman–Crippen LogP) is 2.43. The number of rotatable bonds is 2. The van der Waals surface area contributed by atoms with Crippen LogP contribution >= 0.6 is 12.4 Å². The maximum atomic E-state index is 13.1. The third kappa shape index (κ3) is 3.95. The standard InChI is InChI=1S/C13H19FN2.ClH/c1-10-8-16(11(2)7-15-10)9-12-4-3-5-13(14)6-12;/h3-6,10-11,15H,7-9H2,1-2H3;1H. The van der Waals surface area contributed by atoms with Crippen LogP contribution in [0.1, 0.15) is 19.4 Å². The van der Waals surface area contributed by atoms with Gasteiger partial charge >= 0.3 is 0 Å². The minimum absolute atomic E-state index is 0. The summed E-state index contributed by atoms with van der Waals surface area (Å²) in [4.78, 5) is 2.40. The van der Waals surface area contributed by atoms with E-state index < -0.39 is 0 Å². The van der Waals surface area contributed by atoms with E-state index in [0.29, 0.717) is 12.1 Å². The fourth-order valence-corrected chi connectivity index (χ4v) is 2.19. The summed E-state index contributed by atoms with van der Waals surface area (Å²) in [5.74, 6) is -0.145. The maximum Gasteiger partial charge on any atom is 0.123 e. The maximum absolute atomic E-state index is 13.1. The van der Waals surface area contributed by atoms with E-state index in [2.05, 4.69) is 24.1 Å². The molecule has 1 saturated heterocycles. The zero-order chi connectivity index (χ0) is 11.5. The second-order valence-electron chi connectivity index (χ2n) is 4.72. The summed E-state index contributed by atoms with van der Waals surface area (Å²) >= 11 is 0. The van der Waals surface area contributed by atoms with Gasteiger partial charge in [-0.2, -0.15) is 0 Å². The van der Waals surface area contributed by atoms with Crippen molar-refractivity contribution in [3.63, 3.8) is 0 Å². The second kappa shape index (κ2) is 6.34. The number of hydrogen-bond donors (Lipinski definition) is 1. The van der Waals surface area contributed by atoms with Gasteiger partial charge in [-0.1, -0.05) is 12.1 Å². The fourth-order valence-electron chi connectivity index (χ4n) is 2.19. The van der Waals surface area contributed by atoms with Crippen molar-refractivity contribution in [3.05, 3.63) is 35.6 Å². The molecular formula is C13H20ClFN2. The average molecular weight is 259 g/mol. The Kier molecular flexibility index (Phi) is 5.37. The van der Waals surface area contributed by atoms with E-state index in [0.717, 1.165) is 25.2 Å². The van der Waals surface area contributed by atoms with Crippen molar-refractivity contribution < 1.29 is 4.39 Å². The van der Waals surface area contributed by atoms with Crippen LogP contribution in [0.2, 0.25) is 0 Å². The lowest BCUT2D eigenvalue weighted by atomic mass is 10.1. The predicted molar refractivity (Wildman–Crippen MR) is 71.0 cm³/mol. The molecule has 1 N–H and O–H groups in total. The van der Waals surface area contributed by atoms with Gasteiger partial charge in [0.05, 0.1) is 0 Å². The molecule has 2 atom stereocenters. The van der Waals surface area contributed by atoms with Gasteiger partial charge in [0, 0.05) is 31.7 Å². The highest BCUT2D eigenvalue weighted by atomic mass is 35.5. The first-order valence-electron chi connectivity index (χ1n) is 5.87. The van der Waals surface area contributed by atoms with Gasteiger partial charge in [-0.25, -0.2) is 4.39 Å². The molecule has 0 aliphatic carbocycles. The summed E-state index contributed by atoms with van der Waals surface area (Å²) in [7, 11) is 0. The van der Waals surface area contributed by atoms with Crippen molar-refractivity contribution in [3.8, 4) is 0 Å². The molecule has 1 aliphatic heterocycles. The van der Waals surface area contributed by atoms with E-state index in [1.54, 1.807) is 12.1 Å². The van der Waals surface area contributed by atoms with E-state index in [1.165, 1.54) is 6.07 Å². The Morgan fingerprint density at radius 1 is 1.41 bits per heavy atom. The summed E-state index contributed by atoms with van der Waals surface area (Å²) in [6, 6.07) is 7.92. The first-order valence-corrected chi connectivity index (χ1v) is 5.87. The molecule has 4 heteroatoms. The van der Waals surface area contributed by atoms with Crippen LogP contribution in [-0.2, 0) is 6.54 Å². The first-order chi connectivity index (χ1) is 7.65. The zero-order valence-electron chi connectivity index (χ0n) is 10.3. The number of benzene rings is 1. The minimum atomic E-state index is -0.145. The monoisotopic (exact) mass is 258 g/mol. The largest absolute Gasteiger partial charge is 0.311 e. The molecule has 1 aliphatic rings. The van der Waals surface area contributed by atoms with Crippen LogP contribution in [0.15, 0.2) is 24.3 Å². The van der Waals surface area contributed by atoms with E-state index in [-0.39, 0.29) is 18.2 Å². The van der Waals surface area contributed by atoms with Gasteiger partial charge < -0.3 is 5.32 Å². The van der Waals surface area contributed by atoms with Gasteiger partial charge in [0.1, 0.15) is 5.82 Å². The molecule has 0 aromatic heterocycles. The summed E-state index contributed by atoms with van der Waals surface area (Å²) in [6.07, 6.45) is 0. The Labute approximate surface area is 109 Å². The molecule has 0 amide bonds. The van der Waals surface area contributed by atoms with Crippen LogP contribution in [0.25, 0.3) is 0 Å². The fraction of sp³-hybridized carbons (Fsp3) is 0.538. The number of nitrogens with one attached hydrogen (secondary N) is 1.